The number of thioether (sulfide) groups is 1. The minimum absolute atomic E-state index is 0.0149. The number of halogens is 2. The summed E-state index contributed by atoms with van der Waals surface area (Å²) in [5.41, 5.74) is 0.894. The van der Waals surface area contributed by atoms with Crippen LogP contribution in [0.5, 0.6) is 0 Å². The zero-order valence-corrected chi connectivity index (χ0v) is 15.3. The lowest BCUT2D eigenvalue weighted by atomic mass is 10.2. The Bertz CT molecular complexity index is 716. The number of aromatic nitrogens is 2. The van der Waals surface area contributed by atoms with E-state index < -0.39 is 0 Å². The molecule has 1 atom stereocenters. The average Bonchev–Trinajstić information content (AvgIpc) is 2.98. The Hall–Kier alpha value is -1.21. The Morgan fingerprint density at radius 2 is 2.29 bits per heavy atom. The lowest BCUT2D eigenvalue weighted by molar-refractivity contribution is -0.116. The van der Waals surface area contributed by atoms with Gasteiger partial charge >= 0.3 is 0 Å². The summed E-state index contributed by atoms with van der Waals surface area (Å²) in [4.78, 5) is 12.2. The van der Waals surface area contributed by atoms with E-state index in [1.165, 1.54) is 0 Å². The van der Waals surface area contributed by atoms with Crippen LogP contribution < -0.4 is 10.6 Å². The molecule has 0 spiro atoms. The predicted octanol–water partition coefficient (Wildman–Crippen LogP) is 3.27. The van der Waals surface area contributed by atoms with Gasteiger partial charge in [0, 0.05) is 46.6 Å². The number of hydrogen-bond acceptors (Lipinski definition) is 4. The molecule has 128 valence electrons. The van der Waals surface area contributed by atoms with Gasteiger partial charge in [-0.1, -0.05) is 29.3 Å². The van der Waals surface area contributed by atoms with Gasteiger partial charge in [0.25, 0.3) is 0 Å². The van der Waals surface area contributed by atoms with Crippen LogP contribution in [0, 0.1) is 0 Å². The molecule has 1 unspecified atom stereocenters. The van der Waals surface area contributed by atoms with E-state index >= 15 is 0 Å². The van der Waals surface area contributed by atoms with Gasteiger partial charge in [0.1, 0.15) is 5.82 Å². The first-order valence-electron chi connectivity index (χ1n) is 7.68. The minimum atomic E-state index is -0.0149. The molecule has 1 aromatic heterocycles. The number of hydrogen-bond donors (Lipinski definition) is 2. The van der Waals surface area contributed by atoms with Crippen molar-refractivity contribution in [2.24, 2.45) is 0 Å². The maximum Gasteiger partial charge on any atom is 0.227 e. The standard InChI is InChI=1S/C16H18Cl2N4OS/c17-12-2-1-11(14(18)7-12)9-22-15(3-4-20-22)21-16(23)8-13-10-24-6-5-19-13/h1-4,7,13,19H,5-6,8-10H2,(H,21,23). The van der Waals surface area contributed by atoms with Crippen LogP contribution in [0.15, 0.2) is 30.5 Å². The summed E-state index contributed by atoms with van der Waals surface area (Å²) in [7, 11) is 0. The van der Waals surface area contributed by atoms with Gasteiger partial charge in [-0.25, -0.2) is 4.68 Å². The van der Waals surface area contributed by atoms with Crippen molar-refractivity contribution in [3.05, 3.63) is 46.1 Å². The first-order valence-corrected chi connectivity index (χ1v) is 9.59. The van der Waals surface area contributed by atoms with E-state index in [1.807, 2.05) is 17.8 Å². The van der Waals surface area contributed by atoms with Gasteiger partial charge in [-0.15, -0.1) is 0 Å². The van der Waals surface area contributed by atoms with Gasteiger partial charge in [-0.2, -0.15) is 16.9 Å². The number of nitrogens with zero attached hydrogens (tertiary/aromatic N) is 2. The molecular weight excluding hydrogens is 367 g/mol. The highest BCUT2D eigenvalue weighted by Crippen LogP contribution is 2.22. The monoisotopic (exact) mass is 384 g/mol. The first kappa shape index (κ1) is 17.6. The summed E-state index contributed by atoms with van der Waals surface area (Å²) in [6, 6.07) is 7.36. The lowest BCUT2D eigenvalue weighted by Crippen LogP contribution is -2.40. The summed E-state index contributed by atoms with van der Waals surface area (Å²) >= 11 is 14.0. The van der Waals surface area contributed by atoms with Crippen molar-refractivity contribution in [3.8, 4) is 0 Å². The predicted molar refractivity (Wildman–Crippen MR) is 100 cm³/mol. The molecule has 1 aliphatic rings. The Kier molecular flexibility index (Phi) is 6.05. The van der Waals surface area contributed by atoms with E-state index in [1.54, 1.807) is 29.1 Å². The van der Waals surface area contributed by atoms with Gasteiger partial charge in [-0.05, 0) is 17.7 Å². The van der Waals surface area contributed by atoms with E-state index in [0.29, 0.717) is 28.8 Å². The third-order valence-electron chi connectivity index (χ3n) is 3.75. The van der Waals surface area contributed by atoms with Crippen LogP contribution in [0.2, 0.25) is 10.0 Å². The fourth-order valence-corrected chi connectivity index (χ4v) is 3.96. The van der Waals surface area contributed by atoms with Crippen molar-refractivity contribution < 1.29 is 4.79 Å². The zero-order chi connectivity index (χ0) is 16.9. The number of carbonyl (C=O) groups excluding carboxylic acids is 1. The highest BCUT2D eigenvalue weighted by atomic mass is 35.5. The molecule has 1 fully saturated rings. The summed E-state index contributed by atoms with van der Waals surface area (Å²) in [6.07, 6.45) is 2.12. The molecule has 2 heterocycles. The molecule has 24 heavy (non-hydrogen) atoms. The van der Waals surface area contributed by atoms with Crippen LogP contribution in [-0.2, 0) is 11.3 Å². The Labute approximate surface area is 155 Å². The third-order valence-corrected chi connectivity index (χ3v) is 5.47. The van der Waals surface area contributed by atoms with Gasteiger partial charge in [0.15, 0.2) is 0 Å². The van der Waals surface area contributed by atoms with Crippen LogP contribution in [0.3, 0.4) is 0 Å². The number of amides is 1. The van der Waals surface area contributed by atoms with Crippen LogP contribution in [-0.4, -0.2) is 39.8 Å². The molecule has 0 radical (unpaired) electrons. The Morgan fingerprint density at radius 1 is 1.42 bits per heavy atom. The van der Waals surface area contributed by atoms with Crippen molar-refractivity contribution in [2.45, 2.75) is 19.0 Å². The van der Waals surface area contributed by atoms with Gasteiger partial charge in [-0.3, -0.25) is 4.79 Å². The molecule has 0 bridgehead atoms. The number of nitrogens with one attached hydrogen (secondary N) is 2. The van der Waals surface area contributed by atoms with Gasteiger partial charge in [0.05, 0.1) is 12.7 Å². The van der Waals surface area contributed by atoms with Crippen molar-refractivity contribution >= 4 is 46.7 Å². The molecule has 5 nitrogen and oxygen atoms in total. The number of rotatable bonds is 5. The quantitative estimate of drug-likeness (QED) is 0.830. The van der Waals surface area contributed by atoms with E-state index in [2.05, 4.69) is 15.7 Å². The topological polar surface area (TPSA) is 59.0 Å². The number of anilines is 1. The summed E-state index contributed by atoms with van der Waals surface area (Å²) in [6.45, 7) is 1.42. The van der Waals surface area contributed by atoms with Crippen LogP contribution in [0.4, 0.5) is 5.82 Å². The average molecular weight is 385 g/mol. The molecule has 1 aromatic carbocycles. The van der Waals surface area contributed by atoms with Crippen LogP contribution >= 0.6 is 35.0 Å². The molecule has 8 heteroatoms. The fraction of sp³-hybridized carbons (Fsp3) is 0.375. The van der Waals surface area contributed by atoms with Crippen molar-refractivity contribution in [2.75, 3.05) is 23.4 Å². The van der Waals surface area contributed by atoms with Crippen molar-refractivity contribution in [3.63, 3.8) is 0 Å². The molecule has 2 aromatic rings. The highest BCUT2D eigenvalue weighted by molar-refractivity contribution is 7.99. The summed E-state index contributed by atoms with van der Waals surface area (Å²) in [5.74, 6) is 2.72. The second-order valence-corrected chi connectivity index (χ2v) is 7.58. The third kappa shape index (κ3) is 4.66. The smallest absolute Gasteiger partial charge is 0.227 e. The second kappa shape index (κ2) is 8.25. The zero-order valence-electron chi connectivity index (χ0n) is 13.0. The minimum Gasteiger partial charge on any atom is -0.312 e. The lowest BCUT2D eigenvalue weighted by Gasteiger charge is -2.22. The van der Waals surface area contributed by atoms with Crippen LogP contribution in [0.25, 0.3) is 0 Å². The SMILES string of the molecule is O=C(CC1CSCCN1)Nc1ccnn1Cc1ccc(Cl)cc1Cl. The normalized spacial score (nSPS) is 17.7. The van der Waals surface area contributed by atoms with Gasteiger partial charge < -0.3 is 10.6 Å². The van der Waals surface area contributed by atoms with Crippen LogP contribution in [0.1, 0.15) is 12.0 Å². The second-order valence-electron chi connectivity index (χ2n) is 5.59. The largest absolute Gasteiger partial charge is 0.312 e. The maximum absolute atomic E-state index is 12.2. The van der Waals surface area contributed by atoms with Gasteiger partial charge in [0.2, 0.25) is 5.91 Å². The molecule has 0 saturated carbocycles. The highest BCUT2D eigenvalue weighted by Gasteiger charge is 2.17. The summed E-state index contributed by atoms with van der Waals surface area (Å²) < 4.78 is 1.72. The molecule has 0 aliphatic carbocycles. The maximum atomic E-state index is 12.2. The number of carbonyl (C=O) groups is 1. The molecule has 3 rings (SSSR count). The Balaban J connectivity index is 1.63. The number of benzene rings is 1. The van der Waals surface area contributed by atoms with Crippen molar-refractivity contribution in [1.29, 1.82) is 0 Å². The molecule has 1 aliphatic heterocycles. The molecular formula is C16H18Cl2N4OS. The van der Waals surface area contributed by atoms with E-state index in [0.717, 1.165) is 23.6 Å². The molecule has 2 N–H and O–H groups in total. The first-order chi connectivity index (χ1) is 11.6. The van der Waals surface area contributed by atoms with E-state index in [4.69, 9.17) is 23.2 Å². The molecule has 1 saturated heterocycles. The van der Waals surface area contributed by atoms with E-state index in [-0.39, 0.29) is 11.9 Å². The molecule has 1 amide bonds. The summed E-state index contributed by atoms with van der Waals surface area (Å²) in [5, 5.41) is 11.7. The van der Waals surface area contributed by atoms with Crippen molar-refractivity contribution in [1.82, 2.24) is 15.1 Å². The van der Waals surface area contributed by atoms with E-state index in [9.17, 15) is 4.79 Å². The fourth-order valence-electron chi connectivity index (χ4n) is 2.54. The Morgan fingerprint density at radius 3 is 3.04 bits per heavy atom.